The van der Waals surface area contributed by atoms with Crippen molar-refractivity contribution in [1.82, 2.24) is 4.90 Å². The summed E-state index contributed by atoms with van der Waals surface area (Å²) in [4.78, 5) is 2.66. The molecule has 1 heteroatoms. The van der Waals surface area contributed by atoms with Crippen LogP contribution in [0.4, 0.5) is 0 Å². The van der Waals surface area contributed by atoms with E-state index in [2.05, 4.69) is 25.7 Å². The Kier molecular flexibility index (Phi) is 4.79. The largest absolute Gasteiger partial charge is 0.303 e. The first-order valence-corrected chi connectivity index (χ1v) is 6.00. The normalized spacial score (nSPS) is 30.7. The molecular formula is C12H25N. The molecule has 0 amide bonds. The number of piperidine rings is 1. The lowest BCUT2D eigenvalue weighted by Gasteiger charge is -2.36. The van der Waals surface area contributed by atoms with Gasteiger partial charge in [-0.15, -0.1) is 0 Å². The van der Waals surface area contributed by atoms with Crippen LogP contribution in [-0.4, -0.2) is 24.5 Å². The molecule has 13 heavy (non-hydrogen) atoms. The van der Waals surface area contributed by atoms with Gasteiger partial charge in [-0.3, -0.25) is 0 Å². The summed E-state index contributed by atoms with van der Waals surface area (Å²) in [6.45, 7) is 11.1. The minimum absolute atomic E-state index is 0.961. The van der Waals surface area contributed by atoms with Crippen LogP contribution < -0.4 is 0 Å². The molecule has 1 heterocycles. The fraction of sp³-hybridized carbons (Fsp3) is 1.00. The molecule has 1 aliphatic heterocycles. The molecule has 1 aliphatic rings. The summed E-state index contributed by atoms with van der Waals surface area (Å²) in [7, 11) is 0. The van der Waals surface area contributed by atoms with Gasteiger partial charge >= 0.3 is 0 Å². The smallest absolute Gasteiger partial charge is 0.00121 e. The Bertz CT molecular complexity index is 131. The maximum Gasteiger partial charge on any atom is 0.00121 e. The van der Waals surface area contributed by atoms with Crippen molar-refractivity contribution < 1.29 is 0 Å². The molecule has 1 fully saturated rings. The number of nitrogens with zero attached hydrogens (tertiary/aromatic N) is 1. The van der Waals surface area contributed by atoms with Gasteiger partial charge in [0, 0.05) is 6.54 Å². The van der Waals surface area contributed by atoms with Crippen LogP contribution in [0.3, 0.4) is 0 Å². The summed E-state index contributed by atoms with van der Waals surface area (Å²) in [6, 6.07) is 0. The number of unbranched alkanes of at least 4 members (excludes halogenated alkanes) is 1. The van der Waals surface area contributed by atoms with Crippen LogP contribution >= 0.6 is 0 Å². The third-order valence-electron chi connectivity index (χ3n) is 3.55. The standard InChI is InChI=1S/C12H25N/c1-4-6-8-13-9-7-11(3)12(5-2)10-13/h11-12H,4-10H2,1-3H3. The zero-order valence-corrected chi connectivity index (χ0v) is 9.55. The molecule has 2 unspecified atom stereocenters. The molecular weight excluding hydrogens is 158 g/mol. The van der Waals surface area contributed by atoms with E-state index in [0.717, 1.165) is 11.8 Å². The summed E-state index contributed by atoms with van der Waals surface area (Å²) >= 11 is 0. The van der Waals surface area contributed by atoms with Gasteiger partial charge in [-0.25, -0.2) is 0 Å². The minimum atomic E-state index is 0.961. The third kappa shape index (κ3) is 3.30. The van der Waals surface area contributed by atoms with Gasteiger partial charge in [-0.05, 0) is 37.8 Å². The van der Waals surface area contributed by atoms with Crippen LogP contribution in [0.25, 0.3) is 0 Å². The van der Waals surface area contributed by atoms with E-state index < -0.39 is 0 Å². The molecule has 0 aromatic carbocycles. The number of likely N-dealkylation sites (tertiary alicyclic amines) is 1. The van der Waals surface area contributed by atoms with Gasteiger partial charge < -0.3 is 4.90 Å². The van der Waals surface area contributed by atoms with E-state index >= 15 is 0 Å². The predicted molar refractivity (Wildman–Crippen MR) is 58.9 cm³/mol. The molecule has 0 radical (unpaired) electrons. The highest BCUT2D eigenvalue weighted by molar-refractivity contribution is 4.76. The Balaban J connectivity index is 2.27. The first-order chi connectivity index (χ1) is 6.27. The predicted octanol–water partition coefficient (Wildman–Crippen LogP) is 3.15. The van der Waals surface area contributed by atoms with E-state index in [-0.39, 0.29) is 0 Å². The molecule has 78 valence electrons. The highest BCUT2D eigenvalue weighted by Crippen LogP contribution is 2.25. The second kappa shape index (κ2) is 5.64. The quantitative estimate of drug-likeness (QED) is 0.647. The first-order valence-electron chi connectivity index (χ1n) is 6.00. The Hall–Kier alpha value is -0.0400. The van der Waals surface area contributed by atoms with E-state index in [9.17, 15) is 0 Å². The van der Waals surface area contributed by atoms with Crippen molar-refractivity contribution in [2.24, 2.45) is 11.8 Å². The number of hydrogen-bond donors (Lipinski definition) is 0. The van der Waals surface area contributed by atoms with E-state index in [1.807, 2.05) is 0 Å². The molecule has 0 N–H and O–H groups in total. The lowest BCUT2D eigenvalue weighted by Crippen LogP contribution is -2.39. The molecule has 0 aromatic rings. The number of hydrogen-bond acceptors (Lipinski definition) is 1. The topological polar surface area (TPSA) is 3.24 Å². The van der Waals surface area contributed by atoms with Gasteiger partial charge in [0.2, 0.25) is 0 Å². The van der Waals surface area contributed by atoms with Crippen LogP contribution in [0.1, 0.15) is 46.5 Å². The van der Waals surface area contributed by atoms with Crippen LogP contribution in [-0.2, 0) is 0 Å². The van der Waals surface area contributed by atoms with Gasteiger partial charge in [0.05, 0.1) is 0 Å². The fourth-order valence-corrected chi connectivity index (χ4v) is 2.34. The molecule has 0 aromatic heterocycles. The molecule has 0 spiro atoms. The Labute approximate surface area is 83.5 Å². The fourth-order valence-electron chi connectivity index (χ4n) is 2.34. The molecule has 0 saturated carbocycles. The highest BCUT2D eigenvalue weighted by Gasteiger charge is 2.23. The van der Waals surface area contributed by atoms with Crippen LogP contribution in [0.2, 0.25) is 0 Å². The van der Waals surface area contributed by atoms with Gasteiger partial charge in [0.1, 0.15) is 0 Å². The molecule has 0 bridgehead atoms. The van der Waals surface area contributed by atoms with Gasteiger partial charge in [-0.2, -0.15) is 0 Å². The van der Waals surface area contributed by atoms with Crippen molar-refractivity contribution in [3.8, 4) is 0 Å². The average Bonchev–Trinajstić information content (AvgIpc) is 2.16. The van der Waals surface area contributed by atoms with Crippen LogP contribution in [0, 0.1) is 11.8 Å². The summed E-state index contributed by atoms with van der Waals surface area (Å²) < 4.78 is 0. The maximum absolute atomic E-state index is 2.66. The average molecular weight is 183 g/mol. The minimum Gasteiger partial charge on any atom is -0.303 e. The summed E-state index contributed by atoms with van der Waals surface area (Å²) in [6.07, 6.45) is 5.50. The van der Waals surface area contributed by atoms with Crippen LogP contribution in [0.5, 0.6) is 0 Å². The summed E-state index contributed by atoms with van der Waals surface area (Å²) in [5.41, 5.74) is 0. The van der Waals surface area contributed by atoms with Crippen LogP contribution in [0.15, 0.2) is 0 Å². The molecule has 1 saturated heterocycles. The van der Waals surface area contributed by atoms with Crippen molar-refractivity contribution in [1.29, 1.82) is 0 Å². The second-order valence-electron chi connectivity index (χ2n) is 4.59. The third-order valence-corrected chi connectivity index (χ3v) is 3.55. The van der Waals surface area contributed by atoms with E-state index in [4.69, 9.17) is 0 Å². The Morgan fingerprint density at radius 1 is 1.31 bits per heavy atom. The SMILES string of the molecule is CCCCN1CCC(C)C(CC)C1. The molecule has 1 nitrogen and oxygen atoms in total. The lowest BCUT2D eigenvalue weighted by atomic mass is 9.85. The zero-order chi connectivity index (χ0) is 9.68. The number of rotatable bonds is 4. The van der Waals surface area contributed by atoms with Crippen molar-refractivity contribution >= 4 is 0 Å². The summed E-state index contributed by atoms with van der Waals surface area (Å²) in [5, 5.41) is 0. The summed E-state index contributed by atoms with van der Waals surface area (Å²) in [5.74, 6) is 1.92. The molecule has 0 aliphatic carbocycles. The molecule has 1 rings (SSSR count). The van der Waals surface area contributed by atoms with E-state index in [1.54, 1.807) is 0 Å². The van der Waals surface area contributed by atoms with Gasteiger partial charge in [0.15, 0.2) is 0 Å². The second-order valence-corrected chi connectivity index (χ2v) is 4.59. The Morgan fingerprint density at radius 2 is 2.08 bits per heavy atom. The van der Waals surface area contributed by atoms with Gasteiger partial charge in [0.25, 0.3) is 0 Å². The van der Waals surface area contributed by atoms with E-state index in [1.165, 1.54) is 45.3 Å². The van der Waals surface area contributed by atoms with Crippen molar-refractivity contribution in [2.45, 2.75) is 46.5 Å². The maximum atomic E-state index is 2.66. The van der Waals surface area contributed by atoms with Gasteiger partial charge in [-0.1, -0.05) is 33.6 Å². The van der Waals surface area contributed by atoms with Crippen molar-refractivity contribution in [3.05, 3.63) is 0 Å². The monoisotopic (exact) mass is 183 g/mol. The molecule has 2 atom stereocenters. The van der Waals surface area contributed by atoms with Crippen molar-refractivity contribution in [2.75, 3.05) is 19.6 Å². The zero-order valence-electron chi connectivity index (χ0n) is 9.55. The first kappa shape index (κ1) is 11.0. The Morgan fingerprint density at radius 3 is 2.69 bits per heavy atom. The van der Waals surface area contributed by atoms with Crippen molar-refractivity contribution in [3.63, 3.8) is 0 Å². The lowest BCUT2D eigenvalue weighted by molar-refractivity contribution is 0.124. The van der Waals surface area contributed by atoms with E-state index in [0.29, 0.717) is 0 Å². The highest BCUT2D eigenvalue weighted by atomic mass is 15.1.